The highest BCUT2D eigenvalue weighted by Crippen LogP contribution is 2.25. The number of carbonyl (C=O) groups is 2. The van der Waals surface area contributed by atoms with Crippen molar-refractivity contribution in [2.75, 3.05) is 13.2 Å². The van der Waals surface area contributed by atoms with Crippen LogP contribution in [0, 0.1) is 11.8 Å². The maximum atomic E-state index is 11.9. The Labute approximate surface area is 128 Å². The number of nitrogens with one attached hydrogen (secondary N) is 1. The Kier molecular flexibility index (Phi) is 8.35. The van der Waals surface area contributed by atoms with E-state index in [0.29, 0.717) is 25.5 Å². The molecule has 1 fully saturated rings. The Morgan fingerprint density at radius 1 is 1.24 bits per heavy atom. The smallest absolute Gasteiger partial charge is 0.308 e. The zero-order chi connectivity index (χ0) is 15.7. The summed E-state index contributed by atoms with van der Waals surface area (Å²) in [5, 5.41) is 3.09. The van der Waals surface area contributed by atoms with Crippen LogP contribution in [0.4, 0.5) is 0 Å². The molecule has 1 unspecified atom stereocenters. The molecule has 0 aromatic carbocycles. The van der Waals surface area contributed by atoms with E-state index in [2.05, 4.69) is 12.2 Å². The van der Waals surface area contributed by atoms with Crippen molar-refractivity contribution in [3.63, 3.8) is 0 Å². The molecule has 1 saturated carbocycles. The Morgan fingerprint density at radius 3 is 2.48 bits per heavy atom. The molecule has 1 amide bonds. The topological polar surface area (TPSA) is 81.4 Å². The van der Waals surface area contributed by atoms with E-state index in [1.54, 1.807) is 0 Å². The van der Waals surface area contributed by atoms with Crippen LogP contribution in [0.15, 0.2) is 0 Å². The van der Waals surface area contributed by atoms with Crippen molar-refractivity contribution < 1.29 is 14.3 Å². The molecule has 0 saturated heterocycles. The van der Waals surface area contributed by atoms with Gasteiger partial charge in [-0.3, -0.25) is 9.59 Å². The molecule has 0 aromatic heterocycles. The van der Waals surface area contributed by atoms with Crippen LogP contribution in [0.25, 0.3) is 0 Å². The van der Waals surface area contributed by atoms with Crippen molar-refractivity contribution in [2.24, 2.45) is 17.6 Å². The number of hydrogen-bond acceptors (Lipinski definition) is 4. The van der Waals surface area contributed by atoms with E-state index in [0.717, 1.165) is 38.5 Å². The van der Waals surface area contributed by atoms with Gasteiger partial charge in [-0.15, -0.1) is 0 Å². The van der Waals surface area contributed by atoms with Crippen LogP contribution >= 0.6 is 0 Å². The fourth-order valence-corrected chi connectivity index (χ4v) is 2.84. The zero-order valence-corrected chi connectivity index (χ0v) is 13.4. The van der Waals surface area contributed by atoms with Crippen molar-refractivity contribution in [3.8, 4) is 0 Å². The highest BCUT2D eigenvalue weighted by molar-refractivity contribution is 5.76. The highest BCUT2D eigenvalue weighted by atomic mass is 16.5. The lowest BCUT2D eigenvalue weighted by atomic mass is 9.86. The molecule has 0 radical (unpaired) electrons. The number of ether oxygens (including phenoxy) is 1. The van der Waals surface area contributed by atoms with Crippen molar-refractivity contribution in [1.29, 1.82) is 0 Å². The second kappa shape index (κ2) is 9.77. The second-order valence-corrected chi connectivity index (χ2v) is 6.09. The summed E-state index contributed by atoms with van der Waals surface area (Å²) >= 11 is 0. The van der Waals surface area contributed by atoms with E-state index in [4.69, 9.17) is 10.5 Å². The number of hydrogen-bond donors (Lipinski definition) is 2. The molecule has 0 aromatic rings. The van der Waals surface area contributed by atoms with Gasteiger partial charge in [0.05, 0.1) is 12.5 Å². The summed E-state index contributed by atoms with van der Waals surface area (Å²) in [6, 6.07) is 0.216. The summed E-state index contributed by atoms with van der Waals surface area (Å²) in [7, 11) is 0. The zero-order valence-electron chi connectivity index (χ0n) is 13.4. The predicted molar refractivity (Wildman–Crippen MR) is 82.6 cm³/mol. The third kappa shape index (κ3) is 6.93. The molecule has 1 aliphatic rings. The Morgan fingerprint density at radius 2 is 1.90 bits per heavy atom. The first kappa shape index (κ1) is 18.0. The molecule has 0 aliphatic heterocycles. The van der Waals surface area contributed by atoms with Gasteiger partial charge in [-0.25, -0.2) is 0 Å². The fraction of sp³-hybridized carbons (Fsp3) is 0.875. The normalized spacial score (nSPS) is 23.4. The average molecular weight is 298 g/mol. The standard InChI is InChI=1S/C16H30N2O3/c1-3-21-16(20)13-5-7-14(8-6-13)18-15(19)9-4-12(2)10-11-17/h12-14H,3-11,17H2,1-2H3,(H,18,19). The minimum absolute atomic E-state index is 0.0164. The van der Waals surface area contributed by atoms with Crippen LogP contribution in [0.3, 0.4) is 0 Å². The van der Waals surface area contributed by atoms with Gasteiger partial charge in [0, 0.05) is 12.5 Å². The first-order valence-electron chi connectivity index (χ1n) is 8.22. The molecular weight excluding hydrogens is 268 g/mol. The molecule has 1 atom stereocenters. The number of nitrogens with two attached hydrogens (primary N) is 1. The van der Waals surface area contributed by atoms with E-state index in [1.165, 1.54) is 0 Å². The minimum Gasteiger partial charge on any atom is -0.466 e. The van der Waals surface area contributed by atoms with Crippen molar-refractivity contribution >= 4 is 11.9 Å². The molecular formula is C16H30N2O3. The van der Waals surface area contributed by atoms with Crippen LogP contribution in [0.1, 0.15) is 58.8 Å². The van der Waals surface area contributed by atoms with Gasteiger partial charge in [0.25, 0.3) is 0 Å². The number of esters is 1. The summed E-state index contributed by atoms with van der Waals surface area (Å²) in [5.41, 5.74) is 5.51. The molecule has 0 spiro atoms. The molecule has 1 rings (SSSR count). The summed E-state index contributed by atoms with van der Waals surface area (Å²) < 4.78 is 5.05. The highest BCUT2D eigenvalue weighted by Gasteiger charge is 2.27. The molecule has 5 heteroatoms. The summed E-state index contributed by atoms with van der Waals surface area (Å²) in [4.78, 5) is 23.6. The monoisotopic (exact) mass is 298 g/mol. The lowest BCUT2D eigenvalue weighted by molar-refractivity contribution is -0.149. The third-order valence-corrected chi connectivity index (χ3v) is 4.24. The van der Waals surface area contributed by atoms with E-state index in [1.807, 2.05) is 6.92 Å². The fourth-order valence-electron chi connectivity index (χ4n) is 2.84. The molecule has 0 bridgehead atoms. The maximum absolute atomic E-state index is 11.9. The van der Waals surface area contributed by atoms with E-state index < -0.39 is 0 Å². The van der Waals surface area contributed by atoms with Crippen molar-refractivity contribution in [1.82, 2.24) is 5.32 Å². The van der Waals surface area contributed by atoms with E-state index in [9.17, 15) is 9.59 Å². The molecule has 1 aliphatic carbocycles. The summed E-state index contributed by atoms with van der Waals surface area (Å²) in [6.45, 7) is 5.08. The largest absolute Gasteiger partial charge is 0.466 e. The van der Waals surface area contributed by atoms with E-state index >= 15 is 0 Å². The van der Waals surface area contributed by atoms with Gasteiger partial charge in [0.15, 0.2) is 0 Å². The van der Waals surface area contributed by atoms with Gasteiger partial charge in [0.1, 0.15) is 0 Å². The van der Waals surface area contributed by atoms with Crippen LogP contribution < -0.4 is 11.1 Å². The van der Waals surface area contributed by atoms with Crippen LogP contribution in [0.5, 0.6) is 0 Å². The van der Waals surface area contributed by atoms with Gasteiger partial charge in [0.2, 0.25) is 5.91 Å². The average Bonchev–Trinajstić information content (AvgIpc) is 2.46. The quantitative estimate of drug-likeness (QED) is 0.671. The Hall–Kier alpha value is -1.10. The molecule has 21 heavy (non-hydrogen) atoms. The van der Waals surface area contributed by atoms with Crippen molar-refractivity contribution in [3.05, 3.63) is 0 Å². The first-order valence-corrected chi connectivity index (χ1v) is 8.22. The minimum atomic E-state index is -0.0853. The Balaban J connectivity index is 2.20. The van der Waals surface area contributed by atoms with Gasteiger partial charge in [-0.1, -0.05) is 6.92 Å². The van der Waals surface area contributed by atoms with Gasteiger partial charge in [-0.2, -0.15) is 0 Å². The van der Waals surface area contributed by atoms with Crippen LogP contribution in [-0.2, 0) is 14.3 Å². The molecule has 122 valence electrons. The van der Waals surface area contributed by atoms with Crippen molar-refractivity contribution in [2.45, 2.75) is 64.8 Å². The van der Waals surface area contributed by atoms with Gasteiger partial charge < -0.3 is 15.8 Å². The lowest BCUT2D eigenvalue weighted by Gasteiger charge is -2.28. The summed E-state index contributed by atoms with van der Waals surface area (Å²) in [5.74, 6) is 0.555. The predicted octanol–water partition coefficient (Wildman–Crippen LogP) is 1.99. The Bertz CT molecular complexity index is 325. The number of carbonyl (C=O) groups excluding carboxylic acids is 2. The van der Waals surface area contributed by atoms with Gasteiger partial charge in [-0.05, 0) is 57.9 Å². The molecule has 3 N–H and O–H groups in total. The molecule has 5 nitrogen and oxygen atoms in total. The summed E-state index contributed by atoms with van der Waals surface area (Å²) in [6.07, 6.45) is 5.79. The second-order valence-electron chi connectivity index (χ2n) is 6.09. The number of amides is 1. The number of rotatable bonds is 8. The van der Waals surface area contributed by atoms with Gasteiger partial charge >= 0.3 is 5.97 Å². The first-order chi connectivity index (χ1) is 10.1. The SMILES string of the molecule is CCOC(=O)C1CCC(NC(=O)CCC(C)CCN)CC1. The van der Waals surface area contributed by atoms with Crippen LogP contribution in [0.2, 0.25) is 0 Å². The van der Waals surface area contributed by atoms with E-state index in [-0.39, 0.29) is 23.8 Å². The third-order valence-electron chi connectivity index (χ3n) is 4.24. The lowest BCUT2D eigenvalue weighted by Crippen LogP contribution is -2.39. The molecule has 0 heterocycles. The maximum Gasteiger partial charge on any atom is 0.308 e. The van der Waals surface area contributed by atoms with Crippen LogP contribution in [-0.4, -0.2) is 31.1 Å².